The van der Waals surface area contributed by atoms with Gasteiger partial charge in [-0.1, -0.05) is 13.8 Å². The molecule has 1 saturated carbocycles. The largest absolute Gasteiger partial charge is 0.481 e. The quantitative estimate of drug-likeness (QED) is 0.753. The fourth-order valence-corrected chi connectivity index (χ4v) is 3.70. The molecule has 0 aromatic carbocycles. The smallest absolute Gasteiger partial charge is 0.303 e. The van der Waals surface area contributed by atoms with Gasteiger partial charge in [0.2, 0.25) is 0 Å². The van der Waals surface area contributed by atoms with Crippen LogP contribution in [0.4, 0.5) is 0 Å². The molecule has 1 fully saturated rings. The van der Waals surface area contributed by atoms with Gasteiger partial charge in [-0.3, -0.25) is 9.35 Å². The van der Waals surface area contributed by atoms with Crippen LogP contribution in [0.15, 0.2) is 0 Å². The van der Waals surface area contributed by atoms with Crippen LogP contribution in [0.3, 0.4) is 0 Å². The summed E-state index contributed by atoms with van der Waals surface area (Å²) < 4.78 is 30.8. The SMILES string of the molecule is CC1CC(CC(=O)O)C(CS(=O)(=O)O)CC1C. The second-order valence-corrected chi connectivity index (χ2v) is 6.79. The predicted molar refractivity (Wildman–Crippen MR) is 63.2 cm³/mol. The molecule has 4 atom stereocenters. The summed E-state index contributed by atoms with van der Waals surface area (Å²) in [6.07, 6.45) is 1.36. The number of carboxylic acid groups (broad SMARTS) is 1. The normalized spacial score (nSPS) is 34.5. The first-order valence-electron chi connectivity index (χ1n) is 5.86. The topological polar surface area (TPSA) is 91.7 Å². The lowest BCUT2D eigenvalue weighted by molar-refractivity contribution is -0.139. The number of hydrogen-bond acceptors (Lipinski definition) is 3. The molecule has 1 aliphatic carbocycles. The van der Waals surface area contributed by atoms with Crippen molar-refractivity contribution in [1.29, 1.82) is 0 Å². The van der Waals surface area contributed by atoms with E-state index in [1.807, 2.05) is 6.92 Å². The first-order chi connectivity index (χ1) is 7.69. The second kappa shape index (κ2) is 5.35. The van der Waals surface area contributed by atoms with Crippen LogP contribution < -0.4 is 0 Å². The van der Waals surface area contributed by atoms with Gasteiger partial charge in [0, 0.05) is 6.42 Å². The average molecular weight is 264 g/mol. The van der Waals surface area contributed by atoms with Crippen molar-refractivity contribution in [3.8, 4) is 0 Å². The van der Waals surface area contributed by atoms with Crippen LogP contribution in [0.2, 0.25) is 0 Å². The lowest BCUT2D eigenvalue weighted by Crippen LogP contribution is -2.34. The predicted octanol–water partition coefficient (Wildman–Crippen LogP) is 1.65. The van der Waals surface area contributed by atoms with E-state index in [0.29, 0.717) is 24.7 Å². The van der Waals surface area contributed by atoms with E-state index in [0.717, 1.165) is 0 Å². The molecular weight excluding hydrogens is 244 g/mol. The molecule has 0 aliphatic heterocycles. The Morgan fingerprint density at radius 3 is 2.06 bits per heavy atom. The molecule has 0 saturated heterocycles. The summed E-state index contributed by atoms with van der Waals surface area (Å²) in [4.78, 5) is 10.8. The van der Waals surface area contributed by atoms with Gasteiger partial charge in [0.25, 0.3) is 10.1 Å². The maximum absolute atomic E-state index is 10.9. The van der Waals surface area contributed by atoms with Crippen molar-refractivity contribution in [2.45, 2.75) is 33.1 Å². The average Bonchev–Trinajstić information content (AvgIpc) is 2.10. The zero-order chi connectivity index (χ0) is 13.2. The molecule has 1 rings (SSSR count). The maximum Gasteiger partial charge on any atom is 0.303 e. The van der Waals surface area contributed by atoms with Crippen molar-refractivity contribution in [3.05, 3.63) is 0 Å². The zero-order valence-corrected chi connectivity index (χ0v) is 11.0. The van der Waals surface area contributed by atoms with Crippen LogP contribution in [0.1, 0.15) is 33.1 Å². The van der Waals surface area contributed by atoms with E-state index in [1.54, 1.807) is 0 Å². The van der Waals surface area contributed by atoms with Crippen LogP contribution in [-0.2, 0) is 14.9 Å². The molecule has 4 unspecified atom stereocenters. The van der Waals surface area contributed by atoms with Gasteiger partial charge in [-0.2, -0.15) is 8.42 Å². The number of aliphatic carboxylic acids is 1. The van der Waals surface area contributed by atoms with Crippen LogP contribution in [0, 0.1) is 23.7 Å². The third-order valence-corrected chi connectivity index (χ3v) is 4.70. The van der Waals surface area contributed by atoms with Crippen molar-refractivity contribution < 1.29 is 22.9 Å². The highest BCUT2D eigenvalue weighted by Crippen LogP contribution is 2.39. The van der Waals surface area contributed by atoms with Crippen LogP contribution >= 0.6 is 0 Å². The van der Waals surface area contributed by atoms with Gasteiger partial charge in [-0.15, -0.1) is 0 Å². The molecule has 6 heteroatoms. The maximum atomic E-state index is 10.9. The van der Waals surface area contributed by atoms with Gasteiger partial charge in [0.05, 0.1) is 5.75 Å². The molecule has 0 aromatic heterocycles. The molecular formula is C11H20O5S. The minimum atomic E-state index is -4.03. The van der Waals surface area contributed by atoms with Gasteiger partial charge in [-0.05, 0) is 36.5 Å². The summed E-state index contributed by atoms with van der Waals surface area (Å²) in [5, 5.41) is 8.82. The number of carboxylic acids is 1. The Bertz CT molecular complexity index is 375. The standard InChI is InChI=1S/C11H20O5S/c1-7-3-9(5-11(12)13)10(4-8(7)2)6-17(14,15)16/h7-10H,3-6H2,1-2H3,(H,12,13)(H,14,15,16). The molecule has 17 heavy (non-hydrogen) atoms. The molecule has 100 valence electrons. The molecule has 0 radical (unpaired) electrons. The van der Waals surface area contributed by atoms with E-state index in [2.05, 4.69) is 6.92 Å². The summed E-state index contributed by atoms with van der Waals surface area (Å²) in [5.74, 6) is -0.851. The molecule has 1 aliphatic rings. The molecule has 0 aromatic rings. The highest BCUT2D eigenvalue weighted by atomic mass is 32.2. The first-order valence-corrected chi connectivity index (χ1v) is 7.47. The van der Waals surface area contributed by atoms with Crippen molar-refractivity contribution in [2.24, 2.45) is 23.7 Å². The van der Waals surface area contributed by atoms with E-state index in [9.17, 15) is 13.2 Å². The van der Waals surface area contributed by atoms with Gasteiger partial charge in [0.15, 0.2) is 0 Å². The highest BCUT2D eigenvalue weighted by molar-refractivity contribution is 7.85. The summed E-state index contributed by atoms with van der Waals surface area (Å²) >= 11 is 0. The van der Waals surface area contributed by atoms with E-state index >= 15 is 0 Å². The molecule has 5 nitrogen and oxygen atoms in total. The van der Waals surface area contributed by atoms with Crippen molar-refractivity contribution in [3.63, 3.8) is 0 Å². The first kappa shape index (κ1) is 14.4. The van der Waals surface area contributed by atoms with Crippen LogP contribution in [0.25, 0.3) is 0 Å². The Morgan fingerprint density at radius 1 is 1.18 bits per heavy atom. The van der Waals surface area contributed by atoms with Crippen molar-refractivity contribution in [1.82, 2.24) is 0 Å². The third kappa shape index (κ3) is 4.63. The summed E-state index contributed by atoms with van der Waals surface area (Å²) in [5.41, 5.74) is 0. The number of hydrogen-bond donors (Lipinski definition) is 2. The Morgan fingerprint density at radius 2 is 1.65 bits per heavy atom. The minimum absolute atomic E-state index is 0.0166. The van der Waals surface area contributed by atoms with E-state index in [-0.39, 0.29) is 24.0 Å². The van der Waals surface area contributed by atoms with Crippen LogP contribution in [-0.4, -0.2) is 29.8 Å². The summed E-state index contributed by atoms with van der Waals surface area (Å²) in [6, 6.07) is 0. The van der Waals surface area contributed by atoms with Crippen LogP contribution in [0.5, 0.6) is 0 Å². The summed E-state index contributed by atoms with van der Waals surface area (Å²) in [6.45, 7) is 4.10. The Kier molecular flexibility index (Phi) is 4.55. The van der Waals surface area contributed by atoms with E-state index in [1.165, 1.54) is 0 Å². The fraction of sp³-hybridized carbons (Fsp3) is 0.909. The van der Waals surface area contributed by atoms with Gasteiger partial charge in [-0.25, -0.2) is 0 Å². The molecule has 2 N–H and O–H groups in total. The molecule has 0 amide bonds. The van der Waals surface area contributed by atoms with E-state index in [4.69, 9.17) is 9.66 Å². The lowest BCUT2D eigenvalue weighted by Gasteiger charge is -2.37. The zero-order valence-electron chi connectivity index (χ0n) is 10.2. The van der Waals surface area contributed by atoms with Gasteiger partial charge >= 0.3 is 5.97 Å². The van der Waals surface area contributed by atoms with Gasteiger partial charge in [0.1, 0.15) is 0 Å². The third-order valence-electron chi connectivity index (χ3n) is 3.85. The summed E-state index contributed by atoms with van der Waals surface area (Å²) in [7, 11) is -4.03. The Labute approximate surface area is 102 Å². The molecule has 0 spiro atoms. The minimum Gasteiger partial charge on any atom is -0.481 e. The monoisotopic (exact) mass is 264 g/mol. The van der Waals surface area contributed by atoms with Gasteiger partial charge < -0.3 is 5.11 Å². The Hall–Kier alpha value is -0.620. The highest BCUT2D eigenvalue weighted by Gasteiger charge is 2.36. The van der Waals surface area contributed by atoms with E-state index < -0.39 is 16.1 Å². The van der Waals surface area contributed by atoms with Crippen molar-refractivity contribution in [2.75, 3.05) is 5.75 Å². The second-order valence-electron chi connectivity index (χ2n) is 5.29. The Balaban J connectivity index is 2.77. The number of carbonyl (C=O) groups is 1. The molecule has 0 heterocycles. The fourth-order valence-electron chi connectivity index (χ4n) is 2.75. The number of rotatable bonds is 4. The van der Waals surface area contributed by atoms with Crippen molar-refractivity contribution >= 4 is 16.1 Å². The molecule has 0 bridgehead atoms. The lowest BCUT2D eigenvalue weighted by atomic mass is 9.69.